The third-order valence-corrected chi connectivity index (χ3v) is 2.46. The molecular formula is C10H21NO2. The summed E-state index contributed by atoms with van der Waals surface area (Å²) in [6.45, 7) is 7.64. The largest absolute Gasteiger partial charge is 0.392 e. The van der Waals surface area contributed by atoms with E-state index in [4.69, 9.17) is 4.74 Å². The van der Waals surface area contributed by atoms with E-state index in [9.17, 15) is 5.11 Å². The van der Waals surface area contributed by atoms with Gasteiger partial charge in [0, 0.05) is 26.2 Å². The lowest BCUT2D eigenvalue weighted by Crippen LogP contribution is -2.40. The highest BCUT2D eigenvalue weighted by molar-refractivity contribution is 4.73. The van der Waals surface area contributed by atoms with Crippen molar-refractivity contribution in [2.75, 3.05) is 26.2 Å². The predicted molar refractivity (Wildman–Crippen MR) is 52.8 cm³/mol. The van der Waals surface area contributed by atoms with Crippen molar-refractivity contribution in [3.05, 3.63) is 0 Å². The Morgan fingerprint density at radius 2 is 2.08 bits per heavy atom. The summed E-state index contributed by atoms with van der Waals surface area (Å²) >= 11 is 0. The van der Waals surface area contributed by atoms with Gasteiger partial charge in [0.25, 0.3) is 0 Å². The van der Waals surface area contributed by atoms with Crippen LogP contribution in [0.25, 0.3) is 0 Å². The molecule has 1 fully saturated rings. The lowest BCUT2D eigenvalue weighted by Gasteiger charge is -2.32. The van der Waals surface area contributed by atoms with Crippen molar-refractivity contribution >= 4 is 0 Å². The molecule has 1 rings (SSSR count). The Hall–Kier alpha value is -0.120. The fraction of sp³-hybridized carbons (Fsp3) is 1.00. The highest BCUT2D eigenvalue weighted by Crippen LogP contribution is 2.13. The van der Waals surface area contributed by atoms with Crippen molar-refractivity contribution in [2.24, 2.45) is 0 Å². The van der Waals surface area contributed by atoms with Gasteiger partial charge in [0.15, 0.2) is 0 Å². The first-order valence-electron chi connectivity index (χ1n) is 5.24. The molecule has 0 saturated carbocycles. The molecule has 1 aliphatic rings. The average Bonchev–Trinajstić information content (AvgIpc) is 2.08. The van der Waals surface area contributed by atoms with E-state index in [2.05, 4.69) is 4.90 Å². The molecule has 3 heteroatoms. The monoisotopic (exact) mass is 187 g/mol. The van der Waals surface area contributed by atoms with Crippen LogP contribution in [0.2, 0.25) is 0 Å². The Labute approximate surface area is 80.7 Å². The van der Waals surface area contributed by atoms with Gasteiger partial charge in [-0.3, -0.25) is 0 Å². The lowest BCUT2D eigenvalue weighted by atomic mass is 10.1. The summed E-state index contributed by atoms with van der Waals surface area (Å²) < 4.78 is 5.55. The average molecular weight is 187 g/mol. The highest BCUT2D eigenvalue weighted by Gasteiger charge is 2.19. The van der Waals surface area contributed by atoms with Crippen LogP contribution >= 0.6 is 0 Å². The van der Waals surface area contributed by atoms with E-state index in [0.29, 0.717) is 6.10 Å². The van der Waals surface area contributed by atoms with E-state index in [0.717, 1.165) is 39.1 Å². The van der Waals surface area contributed by atoms with Gasteiger partial charge >= 0.3 is 0 Å². The van der Waals surface area contributed by atoms with E-state index >= 15 is 0 Å². The summed E-state index contributed by atoms with van der Waals surface area (Å²) in [4.78, 5) is 2.31. The van der Waals surface area contributed by atoms with E-state index < -0.39 is 0 Å². The number of aliphatic hydroxyl groups is 1. The molecule has 0 aliphatic carbocycles. The summed E-state index contributed by atoms with van der Waals surface area (Å²) in [5, 5.41) is 9.20. The van der Waals surface area contributed by atoms with Gasteiger partial charge in [-0.2, -0.15) is 0 Å². The van der Waals surface area contributed by atoms with Gasteiger partial charge in [0.05, 0.1) is 12.2 Å². The molecule has 1 saturated heterocycles. The normalized spacial score (nSPS) is 23.3. The molecular weight excluding hydrogens is 166 g/mol. The van der Waals surface area contributed by atoms with Gasteiger partial charge < -0.3 is 14.7 Å². The van der Waals surface area contributed by atoms with Gasteiger partial charge in [-0.25, -0.2) is 0 Å². The zero-order valence-electron chi connectivity index (χ0n) is 8.70. The van der Waals surface area contributed by atoms with Crippen molar-refractivity contribution in [1.29, 1.82) is 0 Å². The van der Waals surface area contributed by atoms with Crippen LogP contribution < -0.4 is 0 Å². The molecule has 0 aromatic heterocycles. The number of aliphatic hydroxyl groups excluding tert-OH is 1. The molecule has 1 aliphatic heterocycles. The number of hydrogen-bond donors (Lipinski definition) is 1. The van der Waals surface area contributed by atoms with Gasteiger partial charge in [0.2, 0.25) is 0 Å². The van der Waals surface area contributed by atoms with Crippen LogP contribution in [0.1, 0.15) is 26.7 Å². The second kappa shape index (κ2) is 5.58. The quantitative estimate of drug-likeness (QED) is 0.709. The second-order valence-electron chi connectivity index (χ2n) is 3.80. The van der Waals surface area contributed by atoms with Crippen LogP contribution in [-0.2, 0) is 4.74 Å². The number of ether oxygens (including phenoxy) is 1. The first kappa shape index (κ1) is 11.0. The van der Waals surface area contributed by atoms with Crippen molar-refractivity contribution in [3.8, 4) is 0 Å². The van der Waals surface area contributed by atoms with Crippen LogP contribution in [0, 0.1) is 0 Å². The summed E-state index contributed by atoms with van der Waals surface area (Å²) in [6.07, 6.45) is 2.47. The first-order valence-corrected chi connectivity index (χ1v) is 5.24. The maximum atomic E-state index is 9.20. The molecule has 1 N–H and O–H groups in total. The molecule has 0 aromatic rings. The summed E-state index contributed by atoms with van der Waals surface area (Å²) in [6, 6.07) is 0. The fourth-order valence-electron chi connectivity index (χ4n) is 1.87. The van der Waals surface area contributed by atoms with Crippen molar-refractivity contribution in [2.45, 2.75) is 38.9 Å². The molecule has 0 amide bonds. The van der Waals surface area contributed by atoms with Crippen molar-refractivity contribution in [3.63, 3.8) is 0 Å². The second-order valence-corrected chi connectivity index (χ2v) is 3.80. The minimum Gasteiger partial charge on any atom is -0.392 e. The summed E-state index contributed by atoms with van der Waals surface area (Å²) in [5.41, 5.74) is 0. The van der Waals surface area contributed by atoms with E-state index in [1.807, 2.05) is 13.8 Å². The molecule has 0 bridgehead atoms. The first-order chi connectivity index (χ1) is 6.22. The number of rotatable bonds is 4. The molecule has 0 aromatic carbocycles. The molecule has 78 valence electrons. The molecule has 0 unspecified atom stereocenters. The van der Waals surface area contributed by atoms with Gasteiger partial charge in [0.1, 0.15) is 0 Å². The molecule has 1 heterocycles. The van der Waals surface area contributed by atoms with Crippen LogP contribution in [0.4, 0.5) is 0 Å². The van der Waals surface area contributed by atoms with E-state index in [-0.39, 0.29) is 6.10 Å². The van der Waals surface area contributed by atoms with Gasteiger partial charge in [-0.15, -0.1) is 0 Å². The Morgan fingerprint density at radius 3 is 2.54 bits per heavy atom. The SMILES string of the molecule is CCOC1CCN(C[C@H](C)O)CC1. The van der Waals surface area contributed by atoms with E-state index in [1.165, 1.54) is 0 Å². The zero-order chi connectivity index (χ0) is 9.68. The van der Waals surface area contributed by atoms with Crippen molar-refractivity contribution in [1.82, 2.24) is 4.90 Å². The molecule has 1 atom stereocenters. The topological polar surface area (TPSA) is 32.7 Å². The molecule has 13 heavy (non-hydrogen) atoms. The van der Waals surface area contributed by atoms with Gasteiger partial charge in [-0.1, -0.05) is 0 Å². The minimum absolute atomic E-state index is 0.205. The van der Waals surface area contributed by atoms with Crippen LogP contribution in [0.5, 0.6) is 0 Å². The molecule has 3 nitrogen and oxygen atoms in total. The van der Waals surface area contributed by atoms with E-state index in [1.54, 1.807) is 0 Å². The Morgan fingerprint density at radius 1 is 1.46 bits per heavy atom. The maximum Gasteiger partial charge on any atom is 0.0639 e. The van der Waals surface area contributed by atoms with Crippen LogP contribution in [0.3, 0.4) is 0 Å². The Kier molecular flexibility index (Phi) is 4.70. The third-order valence-electron chi connectivity index (χ3n) is 2.46. The van der Waals surface area contributed by atoms with Gasteiger partial charge in [-0.05, 0) is 26.7 Å². The Bertz CT molecular complexity index is 131. The van der Waals surface area contributed by atoms with Crippen molar-refractivity contribution < 1.29 is 9.84 Å². The fourth-order valence-corrected chi connectivity index (χ4v) is 1.87. The van der Waals surface area contributed by atoms with Crippen LogP contribution in [-0.4, -0.2) is 48.5 Å². The lowest BCUT2D eigenvalue weighted by molar-refractivity contribution is 0.00519. The van der Waals surface area contributed by atoms with Crippen LogP contribution in [0.15, 0.2) is 0 Å². The maximum absolute atomic E-state index is 9.20. The minimum atomic E-state index is -0.205. The number of likely N-dealkylation sites (tertiary alicyclic amines) is 1. The highest BCUT2D eigenvalue weighted by atomic mass is 16.5. The predicted octanol–water partition coefficient (Wildman–Crippen LogP) is 0.868. The number of piperidine rings is 1. The standard InChI is InChI=1S/C10H21NO2/c1-3-13-10-4-6-11(7-5-10)8-9(2)12/h9-10,12H,3-8H2,1-2H3/t9-/m0/s1. The Balaban J connectivity index is 2.15. The third kappa shape index (κ3) is 4.07. The number of nitrogens with zero attached hydrogens (tertiary/aromatic N) is 1. The zero-order valence-corrected chi connectivity index (χ0v) is 8.70. The molecule has 0 spiro atoms. The smallest absolute Gasteiger partial charge is 0.0639 e. The number of hydrogen-bond acceptors (Lipinski definition) is 3. The summed E-state index contributed by atoms with van der Waals surface area (Å²) in [7, 11) is 0. The molecule has 0 radical (unpaired) electrons. The number of β-amino-alcohol motifs (C(OH)–C–C–N with tert-alkyl or cyclic N) is 1. The summed E-state index contributed by atoms with van der Waals surface area (Å²) in [5.74, 6) is 0.